The smallest absolute Gasteiger partial charge is 0.407 e. The molecule has 3 aromatic rings. The van der Waals surface area contributed by atoms with Crippen molar-refractivity contribution in [3.8, 4) is 11.1 Å². The average molecular weight is 383 g/mol. The van der Waals surface area contributed by atoms with Crippen LogP contribution in [0.1, 0.15) is 34.9 Å². The molecule has 0 spiro atoms. The Hall–Kier alpha value is -3.33. The molecule has 3 aromatic carbocycles. The van der Waals surface area contributed by atoms with Crippen molar-refractivity contribution in [3.05, 3.63) is 108 Å². The number of carbonyl (C=O) groups is 1. The Bertz CT molecular complexity index is 951. The molecule has 3 nitrogen and oxygen atoms in total. The SMILES string of the molecule is C=CCC(CNC(=O)OCC1c2ccccc2-c2ccccc21)c1ccccc1. The Kier molecular flexibility index (Phi) is 5.76. The minimum Gasteiger partial charge on any atom is -0.449 e. The Balaban J connectivity index is 1.39. The zero-order chi connectivity index (χ0) is 20.1. The Morgan fingerprint density at radius 2 is 1.52 bits per heavy atom. The van der Waals surface area contributed by atoms with Crippen LogP contribution in [-0.2, 0) is 4.74 Å². The summed E-state index contributed by atoms with van der Waals surface area (Å²) in [5.74, 6) is 0.264. The molecule has 1 unspecified atom stereocenters. The lowest BCUT2D eigenvalue weighted by Crippen LogP contribution is -2.30. The second kappa shape index (κ2) is 8.78. The van der Waals surface area contributed by atoms with Crippen LogP contribution in [0.3, 0.4) is 0 Å². The third-order valence-electron chi connectivity index (χ3n) is 5.56. The van der Waals surface area contributed by atoms with Gasteiger partial charge in [-0.2, -0.15) is 0 Å². The molecule has 146 valence electrons. The number of benzene rings is 3. The molecule has 0 fully saturated rings. The predicted octanol–water partition coefficient (Wildman–Crippen LogP) is 5.89. The fraction of sp³-hybridized carbons (Fsp3) is 0.192. The van der Waals surface area contributed by atoms with Crippen LogP contribution in [0.15, 0.2) is 91.5 Å². The van der Waals surface area contributed by atoms with Crippen LogP contribution in [0, 0.1) is 0 Å². The van der Waals surface area contributed by atoms with Crippen LogP contribution in [-0.4, -0.2) is 19.2 Å². The lowest BCUT2D eigenvalue weighted by molar-refractivity contribution is 0.142. The van der Waals surface area contributed by atoms with E-state index >= 15 is 0 Å². The number of allylic oxidation sites excluding steroid dienone is 1. The molecule has 1 aliphatic rings. The molecule has 0 saturated heterocycles. The van der Waals surface area contributed by atoms with Crippen LogP contribution in [0.5, 0.6) is 0 Å². The van der Waals surface area contributed by atoms with E-state index in [9.17, 15) is 4.79 Å². The second-order valence-electron chi connectivity index (χ2n) is 7.34. The monoisotopic (exact) mass is 383 g/mol. The third kappa shape index (κ3) is 4.09. The molecule has 0 bridgehead atoms. The van der Waals surface area contributed by atoms with Crippen LogP contribution < -0.4 is 5.32 Å². The van der Waals surface area contributed by atoms with E-state index in [0.717, 1.165) is 6.42 Å². The first-order chi connectivity index (χ1) is 14.3. The fourth-order valence-electron chi connectivity index (χ4n) is 4.12. The van der Waals surface area contributed by atoms with Gasteiger partial charge in [0.05, 0.1) is 0 Å². The number of fused-ring (bicyclic) bond motifs is 3. The predicted molar refractivity (Wildman–Crippen MR) is 117 cm³/mol. The molecule has 0 saturated carbocycles. The molecule has 0 aromatic heterocycles. The zero-order valence-corrected chi connectivity index (χ0v) is 16.4. The van der Waals surface area contributed by atoms with E-state index < -0.39 is 0 Å². The summed E-state index contributed by atoms with van der Waals surface area (Å²) in [5.41, 5.74) is 6.08. The summed E-state index contributed by atoms with van der Waals surface area (Å²) in [5, 5.41) is 2.93. The van der Waals surface area contributed by atoms with Gasteiger partial charge in [-0.05, 0) is 34.2 Å². The van der Waals surface area contributed by atoms with Gasteiger partial charge in [0.2, 0.25) is 0 Å². The maximum Gasteiger partial charge on any atom is 0.407 e. The van der Waals surface area contributed by atoms with Crippen LogP contribution >= 0.6 is 0 Å². The number of carbonyl (C=O) groups excluding carboxylic acids is 1. The van der Waals surface area contributed by atoms with Crippen molar-refractivity contribution in [2.45, 2.75) is 18.3 Å². The number of alkyl carbamates (subject to hydrolysis) is 1. The van der Waals surface area contributed by atoms with Gasteiger partial charge in [-0.25, -0.2) is 4.79 Å². The van der Waals surface area contributed by atoms with Gasteiger partial charge in [-0.15, -0.1) is 6.58 Å². The van der Waals surface area contributed by atoms with E-state index in [-0.39, 0.29) is 17.9 Å². The van der Waals surface area contributed by atoms with Crippen LogP contribution in [0.4, 0.5) is 4.79 Å². The first-order valence-electron chi connectivity index (χ1n) is 10.0. The molecule has 0 aliphatic heterocycles. The second-order valence-corrected chi connectivity index (χ2v) is 7.34. The van der Waals surface area contributed by atoms with Gasteiger partial charge < -0.3 is 10.1 Å². The molecular weight excluding hydrogens is 358 g/mol. The minimum absolute atomic E-state index is 0.0752. The maximum absolute atomic E-state index is 12.4. The topological polar surface area (TPSA) is 38.3 Å². The molecule has 0 radical (unpaired) electrons. The van der Waals surface area contributed by atoms with Gasteiger partial charge in [0.25, 0.3) is 0 Å². The first-order valence-corrected chi connectivity index (χ1v) is 10.0. The number of ether oxygens (including phenoxy) is 1. The standard InChI is InChI=1S/C26H25NO2/c1-2-10-20(19-11-4-3-5-12-19)17-27-26(28)29-18-25-23-15-8-6-13-21(23)22-14-7-9-16-24(22)25/h2-9,11-16,20,25H,1,10,17-18H2,(H,27,28). The molecule has 1 atom stereocenters. The van der Waals surface area contributed by atoms with Crippen molar-refractivity contribution in [3.63, 3.8) is 0 Å². The van der Waals surface area contributed by atoms with Crippen molar-refractivity contribution in [1.82, 2.24) is 5.32 Å². The van der Waals surface area contributed by atoms with Crippen molar-refractivity contribution in [1.29, 1.82) is 0 Å². The van der Waals surface area contributed by atoms with E-state index in [1.165, 1.54) is 27.8 Å². The molecule has 1 amide bonds. The molecule has 29 heavy (non-hydrogen) atoms. The van der Waals surface area contributed by atoms with Gasteiger partial charge >= 0.3 is 6.09 Å². The fourth-order valence-corrected chi connectivity index (χ4v) is 4.12. The number of amides is 1. The number of hydrogen-bond donors (Lipinski definition) is 1. The first kappa shape index (κ1) is 19.0. The minimum atomic E-state index is -0.378. The zero-order valence-electron chi connectivity index (χ0n) is 16.4. The maximum atomic E-state index is 12.4. The lowest BCUT2D eigenvalue weighted by atomic mass is 9.96. The van der Waals surface area contributed by atoms with Gasteiger partial charge in [0.1, 0.15) is 6.61 Å². The highest BCUT2D eigenvalue weighted by atomic mass is 16.5. The number of hydrogen-bond acceptors (Lipinski definition) is 2. The van der Waals surface area contributed by atoms with E-state index in [1.54, 1.807) is 0 Å². The number of rotatable bonds is 7. The summed E-state index contributed by atoms with van der Waals surface area (Å²) in [6.07, 6.45) is 2.31. The van der Waals surface area contributed by atoms with Gasteiger partial charge in [-0.1, -0.05) is 84.9 Å². The summed E-state index contributed by atoms with van der Waals surface area (Å²) in [7, 11) is 0. The summed E-state index contributed by atoms with van der Waals surface area (Å²) < 4.78 is 5.63. The van der Waals surface area contributed by atoms with Crippen molar-refractivity contribution in [2.24, 2.45) is 0 Å². The van der Waals surface area contributed by atoms with E-state index in [0.29, 0.717) is 13.2 Å². The highest BCUT2D eigenvalue weighted by Gasteiger charge is 2.29. The Labute approximate surface area is 172 Å². The highest BCUT2D eigenvalue weighted by molar-refractivity contribution is 5.79. The highest BCUT2D eigenvalue weighted by Crippen LogP contribution is 2.44. The molecule has 3 heteroatoms. The molecule has 0 heterocycles. The Morgan fingerprint density at radius 3 is 2.14 bits per heavy atom. The van der Waals surface area contributed by atoms with Crippen molar-refractivity contribution < 1.29 is 9.53 Å². The lowest BCUT2D eigenvalue weighted by Gasteiger charge is -2.18. The van der Waals surface area contributed by atoms with Gasteiger partial charge in [0, 0.05) is 18.4 Å². The average Bonchev–Trinajstić information content (AvgIpc) is 3.09. The Morgan fingerprint density at radius 1 is 0.931 bits per heavy atom. The van der Waals surface area contributed by atoms with Crippen LogP contribution in [0.25, 0.3) is 11.1 Å². The summed E-state index contributed by atoms with van der Waals surface area (Å²) in [6.45, 7) is 4.69. The third-order valence-corrected chi connectivity index (χ3v) is 5.56. The quantitative estimate of drug-likeness (QED) is 0.517. The van der Waals surface area contributed by atoms with Crippen LogP contribution in [0.2, 0.25) is 0 Å². The van der Waals surface area contributed by atoms with Crippen molar-refractivity contribution >= 4 is 6.09 Å². The van der Waals surface area contributed by atoms with E-state index in [1.807, 2.05) is 36.4 Å². The van der Waals surface area contributed by atoms with E-state index in [4.69, 9.17) is 4.74 Å². The summed E-state index contributed by atoms with van der Waals surface area (Å²) >= 11 is 0. The molecular formula is C26H25NO2. The number of nitrogens with one attached hydrogen (secondary N) is 1. The van der Waals surface area contributed by atoms with E-state index in [2.05, 4.69) is 60.4 Å². The molecule has 4 rings (SSSR count). The van der Waals surface area contributed by atoms with Crippen molar-refractivity contribution in [2.75, 3.05) is 13.2 Å². The summed E-state index contributed by atoms with van der Waals surface area (Å²) in [4.78, 5) is 12.4. The summed E-state index contributed by atoms with van der Waals surface area (Å²) in [6, 6.07) is 26.9. The normalized spacial score (nSPS) is 13.2. The van der Waals surface area contributed by atoms with Gasteiger partial charge in [-0.3, -0.25) is 0 Å². The molecule has 1 aliphatic carbocycles. The largest absolute Gasteiger partial charge is 0.449 e. The van der Waals surface area contributed by atoms with Gasteiger partial charge in [0.15, 0.2) is 0 Å². The molecule has 1 N–H and O–H groups in total.